The number of nitrogens with zero attached hydrogens (tertiary/aromatic N) is 4. The Morgan fingerprint density at radius 1 is 1.18 bits per heavy atom. The molecule has 0 saturated carbocycles. The maximum absolute atomic E-state index is 4.56. The van der Waals surface area contributed by atoms with Crippen molar-refractivity contribution in [2.75, 3.05) is 31.5 Å². The number of hydrogen-bond donors (Lipinski definition) is 1. The smallest absolute Gasteiger partial charge is 0.152 e. The van der Waals surface area contributed by atoms with Crippen molar-refractivity contribution in [2.45, 2.75) is 26.2 Å². The van der Waals surface area contributed by atoms with Gasteiger partial charge in [-0.15, -0.1) is 10.2 Å². The van der Waals surface area contributed by atoms with Gasteiger partial charge in [0.05, 0.1) is 0 Å². The predicted octanol–water partition coefficient (Wildman–Crippen LogP) is 2.45. The van der Waals surface area contributed by atoms with Crippen LogP contribution in [0, 0.1) is 6.92 Å². The SMILES string of the molecule is Cc1nnc([C@@H](C)c2ccccc2)c(NCCN2CCC2)n1. The second-order valence-electron chi connectivity index (χ2n) is 5.85. The third kappa shape index (κ3) is 3.42. The molecule has 116 valence electrons. The van der Waals surface area contributed by atoms with Gasteiger partial charge in [0.25, 0.3) is 0 Å². The minimum Gasteiger partial charge on any atom is -0.367 e. The van der Waals surface area contributed by atoms with Crippen molar-refractivity contribution < 1.29 is 0 Å². The molecule has 1 atom stereocenters. The van der Waals surface area contributed by atoms with Crippen LogP contribution in [0.15, 0.2) is 30.3 Å². The molecule has 1 aliphatic rings. The van der Waals surface area contributed by atoms with E-state index in [0.717, 1.165) is 24.6 Å². The minimum atomic E-state index is 0.174. The first-order valence-electron chi connectivity index (χ1n) is 7.96. The lowest BCUT2D eigenvalue weighted by Gasteiger charge is -2.30. The highest BCUT2D eigenvalue weighted by molar-refractivity contribution is 5.45. The third-order valence-corrected chi connectivity index (χ3v) is 4.20. The van der Waals surface area contributed by atoms with Crippen LogP contribution in [0.4, 0.5) is 5.82 Å². The average molecular weight is 297 g/mol. The number of aromatic nitrogens is 3. The lowest BCUT2D eigenvalue weighted by molar-refractivity contribution is 0.189. The summed E-state index contributed by atoms with van der Waals surface area (Å²) in [5.74, 6) is 1.74. The Bertz CT molecular complexity index is 610. The first-order valence-corrected chi connectivity index (χ1v) is 7.96. The van der Waals surface area contributed by atoms with E-state index in [2.05, 4.69) is 56.6 Å². The van der Waals surface area contributed by atoms with E-state index in [1.165, 1.54) is 25.1 Å². The van der Waals surface area contributed by atoms with Gasteiger partial charge in [0.15, 0.2) is 5.82 Å². The number of anilines is 1. The van der Waals surface area contributed by atoms with Crippen LogP contribution in [0.1, 0.15) is 36.3 Å². The number of nitrogens with one attached hydrogen (secondary N) is 1. The van der Waals surface area contributed by atoms with E-state index in [9.17, 15) is 0 Å². The van der Waals surface area contributed by atoms with Crippen molar-refractivity contribution in [3.63, 3.8) is 0 Å². The Balaban J connectivity index is 1.74. The Morgan fingerprint density at radius 2 is 1.95 bits per heavy atom. The Labute approximate surface area is 131 Å². The van der Waals surface area contributed by atoms with Gasteiger partial charge in [0, 0.05) is 19.0 Å². The van der Waals surface area contributed by atoms with Crippen molar-refractivity contribution in [3.8, 4) is 0 Å². The van der Waals surface area contributed by atoms with Gasteiger partial charge in [-0.05, 0) is 32.0 Å². The maximum atomic E-state index is 4.56. The summed E-state index contributed by atoms with van der Waals surface area (Å²) < 4.78 is 0. The lowest BCUT2D eigenvalue weighted by atomic mass is 9.97. The molecule has 1 aliphatic heterocycles. The van der Waals surface area contributed by atoms with Gasteiger partial charge in [-0.3, -0.25) is 0 Å². The number of benzene rings is 1. The van der Waals surface area contributed by atoms with Crippen LogP contribution in [0.5, 0.6) is 0 Å². The summed E-state index contributed by atoms with van der Waals surface area (Å²) in [5, 5.41) is 12.0. The van der Waals surface area contributed by atoms with Gasteiger partial charge in [-0.25, -0.2) is 4.98 Å². The zero-order valence-corrected chi connectivity index (χ0v) is 13.3. The fourth-order valence-corrected chi connectivity index (χ4v) is 2.67. The molecule has 2 aromatic rings. The fraction of sp³-hybridized carbons (Fsp3) is 0.471. The highest BCUT2D eigenvalue weighted by Crippen LogP contribution is 2.26. The summed E-state index contributed by atoms with van der Waals surface area (Å²) in [6, 6.07) is 10.4. The van der Waals surface area contributed by atoms with Crippen LogP contribution in [-0.2, 0) is 0 Å². The third-order valence-electron chi connectivity index (χ3n) is 4.20. The van der Waals surface area contributed by atoms with Crippen LogP contribution < -0.4 is 5.32 Å². The predicted molar refractivity (Wildman–Crippen MR) is 88.1 cm³/mol. The molecule has 22 heavy (non-hydrogen) atoms. The molecule has 2 heterocycles. The summed E-state index contributed by atoms with van der Waals surface area (Å²) in [6.45, 7) is 8.42. The topological polar surface area (TPSA) is 53.9 Å². The maximum Gasteiger partial charge on any atom is 0.152 e. The number of hydrogen-bond acceptors (Lipinski definition) is 5. The van der Waals surface area contributed by atoms with E-state index in [-0.39, 0.29) is 5.92 Å². The molecular formula is C17H23N5. The Kier molecular flexibility index (Phi) is 4.63. The molecule has 1 N–H and O–H groups in total. The Hall–Kier alpha value is -2.01. The minimum absolute atomic E-state index is 0.174. The monoisotopic (exact) mass is 297 g/mol. The van der Waals surface area contributed by atoms with Crippen molar-refractivity contribution in [1.29, 1.82) is 0 Å². The zero-order chi connectivity index (χ0) is 15.4. The van der Waals surface area contributed by atoms with Gasteiger partial charge in [0.2, 0.25) is 0 Å². The van der Waals surface area contributed by atoms with E-state index in [0.29, 0.717) is 5.82 Å². The zero-order valence-electron chi connectivity index (χ0n) is 13.3. The van der Waals surface area contributed by atoms with Crippen LogP contribution in [0.2, 0.25) is 0 Å². The molecule has 5 heteroatoms. The van der Waals surface area contributed by atoms with Gasteiger partial charge in [-0.2, -0.15) is 0 Å². The second-order valence-corrected chi connectivity index (χ2v) is 5.85. The number of rotatable bonds is 6. The van der Waals surface area contributed by atoms with Crippen LogP contribution in [0.3, 0.4) is 0 Å². The second kappa shape index (κ2) is 6.83. The normalized spacial score (nSPS) is 16.1. The summed E-state index contributed by atoms with van der Waals surface area (Å²) in [5.41, 5.74) is 2.15. The van der Waals surface area contributed by atoms with E-state index in [4.69, 9.17) is 0 Å². The fourth-order valence-electron chi connectivity index (χ4n) is 2.67. The van der Waals surface area contributed by atoms with Crippen molar-refractivity contribution in [1.82, 2.24) is 20.1 Å². The molecular weight excluding hydrogens is 274 g/mol. The van der Waals surface area contributed by atoms with Crippen molar-refractivity contribution >= 4 is 5.82 Å². The first-order chi connectivity index (χ1) is 10.7. The first kappa shape index (κ1) is 14.9. The molecule has 3 rings (SSSR count). The lowest BCUT2D eigenvalue weighted by Crippen LogP contribution is -2.40. The number of likely N-dealkylation sites (tertiary alicyclic amines) is 1. The van der Waals surface area contributed by atoms with Gasteiger partial charge >= 0.3 is 0 Å². The molecule has 1 aromatic carbocycles. The Morgan fingerprint density at radius 3 is 2.64 bits per heavy atom. The average Bonchev–Trinajstić information content (AvgIpc) is 2.50. The molecule has 0 amide bonds. The molecule has 1 fully saturated rings. The van der Waals surface area contributed by atoms with Gasteiger partial charge in [0.1, 0.15) is 11.5 Å². The highest BCUT2D eigenvalue weighted by atomic mass is 15.2. The van der Waals surface area contributed by atoms with Crippen LogP contribution >= 0.6 is 0 Å². The molecule has 1 aromatic heterocycles. The van der Waals surface area contributed by atoms with Crippen molar-refractivity contribution in [2.24, 2.45) is 0 Å². The van der Waals surface area contributed by atoms with Gasteiger partial charge < -0.3 is 10.2 Å². The van der Waals surface area contributed by atoms with E-state index < -0.39 is 0 Å². The molecule has 0 radical (unpaired) electrons. The summed E-state index contributed by atoms with van der Waals surface area (Å²) in [6.07, 6.45) is 1.32. The summed E-state index contributed by atoms with van der Waals surface area (Å²) in [4.78, 5) is 7.00. The molecule has 1 saturated heterocycles. The highest BCUT2D eigenvalue weighted by Gasteiger charge is 2.18. The van der Waals surface area contributed by atoms with Crippen LogP contribution in [-0.4, -0.2) is 46.3 Å². The summed E-state index contributed by atoms with van der Waals surface area (Å²) >= 11 is 0. The molecule has 0 bridgehead atoms. The van der Waals surface area contributed by atoms with Gasteiger partial charge in [-0.1, -0.05) is 37.3 Å². The number of aryl methyl sites for hydroxylation is 1. The van der Waals surface area contributed by atoms with E-state index in [1.54, 1.807) is 0 Å². The standard InChI is InChI=1S/C17H23N5/c1-13(15-7-4-3-5-8-15)16-17(19-14(2)20-21-16)18-9-12-22-10-6-11-22/h3-5,7-8,13H,6,9-12H2,1-2H3,(H,18,19,20)/t13-/m0/s1. The quantitative estimate of drug-likeness (QED) is 0.887. The van der Waals surface area contributed by atoms with E-state index in [1.807, 2.05) is 13.0 Å². The molecule has 5 nitrogen and oxygen atoms in total. The van der Waals surface area contributed by atoms with Crippen molar-refractivity contribution in [3.05, 3.63) is 47.4 Å². The molecule has 0 aliphatic carbocycles. The largest absolute Gasteiger partial charge is 0.367 e. The molecule has 0 unspecified atom stereocenters. The summed E-state index contributed by atoms with van der Waals surface area (Å²) in [7, 11) is 0. The molecule has 0 spiro atoms. The van der Waals surface area contributed by atoms with Crippen LogP contribution in [0.25, 0.3) is 0 Å². The van der Waals surface area contributed by atoms with E-state index >= 15 is 0 Å².